The smallest absolute Gasteiger partial charge is 0.373 e. The van der Waals surface area contributed by atoms with Crippen molar-refractivity contribution in [2.75, 3.05) is 7.11 Å². The van der Waals surface area contributed by atoms with Crippen LogP contribution in [0.4, 0.5) is 0 Å². The fourth-order valence-electron chi connectivity index (χ4n) is 2.02. The van der Waals surface area contributed by atoms with E-state index in [4.69, 9.17) is 9.84 Å². The summed E-state index contributed by atoms with van der Waals surface area (Å²) in [6.07, 6.45) is 2.13. The van der Waals surface area contributed by atoms with Gasteiger partial charge in [0.05, 0.1) is 18.3 Å². The molecular formula is C13H12N2O3. The highest BCUT2D eigenvalue weighted by atomic mass is 16.5. The molecule has 0 bridgehead atoms. The molecule has 3 rings (SSSR count). The minimum Gasteiger partial charge on any atom is -0.497 e. The molecule has 1 aliphatic carbocycles. The first-order valence-electron chi connectivity index (χ1n) is 5.78. The maximum Gasteiger partial charge on any atom is 0.373 e. The minimum absolute atomic E-state index is 0.141. The maximum atomic E-state index is 11.0. The highest BCUT2D eigenvalue weighted by Crippen LogP contribution is 2.42. The van der Waals surface area contributed by atoms with Crippen molar-refractivity contribution in [2.45, 2.75) is 18.8 Å². The van der Waals surface area contributed by atoms with E-state index in [0.717, 1.165) is 23.9 Å². The van der Waals surface area contributed by atoms with Crippen LogP contribution in [0.5, 0.6) is 5.75 Å². The second kappa shape index (κ2) is 3.94. The van der Waals surface area contributed by atoms with Crippen LogP contribution in [0, 0.1) is 0 Å². The summed E-state index contributed by atoms with van der Waals surface area (Å²) < 4.78 is 5.13. The van der Waals surface area contributed by atoms with Gasteiger partial charge in [0, 0.05) is 17.4 Å². The molecule has 5 nitrogen and oxygen atoms in total. The highest BCUT2D eigenvalue weighted by molar-refractivity contribution is 5.89. The largest absolute Gasteiger partial charge is 0.497 e. The second-order valence-electron chi connectivity index (χ2n) is 4.39. The van der Waals surface area contributed by atoms with Crippen LogP contribution in [0.1, 0.15) is 35.1 Å². The SMILES string of the molecule is COc1ccc2c(C3CC3)nc(C(=O)O)nc2c1. The Kier molecular flexibility index (Phi) is 2.40. The van der Waals surface area contributed by atoms with E-state index in [1.165, 1.54) is 0 Å². The van der Waals surface area contributed by atoms with E-state index in [2.05, 4.69) is 9.97 Å². The van der Waals surface area contributed by atoms with E-state index < -0.39 is 5.97 Å². The van der Waals surface area contributed by atoms with Crippen molar-refractivity contribution in [1.29, 1.82) is 0 Å². The van der Waals surface area contributed by atoms with E-state index in [1.807, 2.05) is 12.1 Å². The van der Waals surface area contributed by atoms with Crippen LogP contribution in [0.3, 0.4) is 0 Å². The summed E-state index contributed by atoms with van der Waals surface area (Å²) in [6, 6.07) is 5.49. The monoisotopic (exact) mass is 244 g/mol. The molecule has 2 aromatic rings. The van der Waals surface area contributed by atoms with Gasteiger partial charge in [0.15, 0.2) is 0 Å². The van der Waals surface area contributed by atoms with Gasteiger partial charge >= 0.3 is 5.97 Å². The lowest BCUT2D eigenvalue weighted by Gasteiger charge is -2.07. The van der Waals surface area contributed by atoms with Gasteiger partial charge in [-0.3, -0.25) is 0 Å². The Morgan fingerprint density at radius 1 is 1.39 bits per heavy atom. The average Bonchev–Trinajstić information content (AvgIpc) is 3.20. The third kappa shape index (κ3) is 1.77. The predicted octanol–water partition coefficient (Wildman–Crippen LogP) is 2.21. The molecule has 0 amide bonds. The summed E-state index contributed by atoms with van der Waals surface area (Å²) in [5.74, 6) is -0.194. The summed E-state index contributed by atoms with van der Waals surface area (Å²) in [4.78, 5) is 19.3. The number of ether oxygens (including phenoxy) is 1. The van der Waals surface area contributed by atoms with Crippen molar-refractivity contribution in [1.82, 2.24) is 9.97 Å². The Hall–Kier alpha value is -2.17. The summed E-state index contributed by atoms with van der Waals surface area (Å²) >= 11 is 0. The summed E-state index contributed by atoms with van der Waals surface area (Å²) in [5.41, 5.74) is 1.48. The van der Waals surface area contributed by atoms with Gasteiger partial charge in [-0.05, 0) is 25.0 Å². The second-order valence-corrected chi connectivity index (χ2v) is 4.39. The van der Waals surface area contributed by atoms with E-state index in [0.29, 0.717) is 17.2 Å². The number of carbonyl (C=O) groups is 1. The van der Waals surface area contributed by atoms with Crippen LogP contribution >= 0.6 is 0 Å². The minimum atomic E-state index is -1.10. The normalized spacial score (nSPS) is 14.7. The van der Waals surface area contributed by atoms with Gasteiger partial charge in [0.2, 0.25) is 5.82 Å². The van der Waals surface area contributed by atoms with E-state index in [-0.39, 0.29) is 5.82 Å². The van der Waals surface area contributed by atoms with Crippen LogP contribution in [0.25, 0.3) is 10.9 Å². The number of aromatic nitrogens is 2. The van der Waals surface area contributed by atoms with Gasteiger partial charge in [-0.2, -0.15) is 0 Å². The van der Waals surface area contributed by atoms with Crippen molar-refractivity contribution in [3.8, 4) is 5.75 Å². The van der Waals surface area contributed by atoms with Gasteiger partial charge in [-0.15, -0.1) is 0 Å². The number of benzene rings is 1. The maximum absolute atomic E-state index is 11.0. The molecular weight excluding hydrogens is 232 g/mol. The van der Waals surface area contributed by atoms with Crippen molar-refractivity contribution in [2.24, 2.45) is 0 Å². The van der Waals surface area contributed by atoms with Gasteiger partial charge in [-0.1, -0.05) is 0 Å². The lowest BCUT2D eigenvalue weighted by atomic mass is 10.1. The standard InChI is InChI=1S/C13H12N2O3/c1-18-8-4-5-9-10(6-8)14-12(13(16)17)15-11(9)7-2-3-7/h4-7H,2-3H2,1H3,(H,16,17). The Labute approximate surface area is 103 Å². The number of aromatic carboxylic acids is 1. The van der Waals surface area contributed by atoms with Gasteiger partial charge in [-0.25, -0.2) is 14.8 Å². The molecule has 1 aliphatic rings. The predicted molar refractivity (Wildman–Crippen MR) is 65.0 cm³/mol. The molecule has 92 valence electrons. The Morgan fingerprint density at radius 2 is 2.17 bits per heavy atom. The number of nitrogens with zero attached hydrogens (tertiary/aromatic N) is 2. The molecule has 1 heterocycles. The molecule has 0 saturated heterocycles. The molecule has 0 aliphatic heterocycles. The molecule has 18 heavy (non-hydrogen) atoms. The third-order valence-electron chi connectivity index (χ3n) is 3.09. The van der Waals surface area contributed by atoms with Crippen LogP contribution in [0.15, 0.2) is 18.2 Å². The first-order chi connectivity index (χ1) is 8.69. The molecule has 1 fully saturated rings. The topological polar surface area (TPSA) is 72.3 Å². The lowest BCUT2D eigenvalue weighted by molar-refractivity contribution is 0.0683. The zero-order valence-corrected chi connectivity index (χ0v) is 9.88. The zero-order chi connectivity index (χ0) is 12.7. The number of fused-ring (bicyclic) bond motifs is 1. The van der Waals surface area contributed by atoms with Gasteiger partial charge in [0.25, 0.3) is 0 Å². The lowest BCUT2D eigenvalue weighted by Crippen LogP contribution is -2.07. The molecule has 0 atom stereocenters. The molecule has 1 aromatic carbocycles. The van der Waals surface area contributed by atoms with Gasteiger partial charge in [0.1, 0.15) is 5.75 Å². The number of carboxylic acid groups (broad SMARTS) is 1. The van der Waals surface area contributed by atoms with Crippen LogP contribution in [-0.2, 0) is 0 Å². The quantitative estimate of drug-likeness (QED) is 0.896. The van der Waals surface area contributed by atoms with Crippen LogP contribution < -0.4 is 4.74 Å². The summed E-state index contributed by atoms with van der Waals surface area (Å²) in [7, 11) is 1.57. The summed E-state index contributed by atoms with van der Waals surface area (Å²) in [5, 5.41) is 9.96. The Balaban J connectivity index is 2.26. The highest BCUT2D eigenvalue weighted by Gasteiger charge is 2.28. The van der Waals surface area contributed by atoms with Gasteiger partial charge < -0.3 is 9.84 Å². The fourth-order valence-corrected chi connectivity index (χ4v) is 2.02. The van der Waals surface area contributed by atoms with E-state index in [1.54, 1.807) is 13.2 Å². The number of hydrogen-bond acceptors (Lipinski definition) is 4. The number of rotatable bonds is 3. The third-order valence-corrected chi connectivity index (χ3v) is 3.09. The van der Waals surface area contributed by atoms with Crippen molar-refractivity contribution >= 4 is 16.9 Å². The van der Waals surface area contributed by atoms with Crippen molar-refractivity contribution < 1.29 is 14.6 Å². The molecule has 5 heteroatoms. The first-order valence-corrected chi connectivity index (χ1v) is 5.78. The Morgan fingerprint density at radius 3 is 2.78 bits per heavy atom. The summed E-state index contributed by atoms with van der Waals surface area (Å²) in [6.45, 7) is 0. The van der Waals surface area contributed by atoms with E-state index in [9.17, 15) is 4.79 Å². The Bertz CT molecular complexity index is 635. The van der Waals surface area contributed by atoms with Crippen molar-refractivity contribution in [3.05, 3.63) is 29.7 Å². The number of hydrogen-bond donors (Lipinski definition) is 1. The molecule has 1 saturated carbocycles. The molecule has 0 unspecified atom stereocenters. The molecule has 1 aromatic heterocycles. The molecule has 0 radical (unpaired) electrons. The average molecular weight is 244 g/mol. The number of methoxy groups -OCH3 is 1. The first kappa shape index (κ1) is 11.0. The molecule has 1 N–H and O–H groups in total. The van der Waals surface area contributed by atoms with Crippen LogP contribution in [-0.4, -0.2) is 28.2 Å². The van der Waals surface area contributed by atoms with E-state index >= 15 is 0 Å². The fraction of sp³-hybridized carbons (Fsp3) is 0.308. The van der Waals surface area contributed by atoms with Crippen LogP contribution in [0.2, 0.25) is 0 Å². The zero-order valence-electron chi connectivity index (χ0n) is 9.88. The number of carboxylic acids is 1. The molecule has 0 spiro atoms. The van der Waals surface area contributed by atoms with Crippen molar-refractivity contribution in [3.63, 3.8) is 0 Å².